The fourth-order valence-electron chi connectivity index (χ4n) is 1.42. The van der Waals surface area contributed by atoms with Crippen LogP contribution in [0.15, 0.2) is 30.3 Å². The molecule has 1 nitrogen and oxygen atoms in total. The van der Waals surface area contributed by atoms with E-state index in [0.29, 0.717) is 10.4 Å². The van der Waals surface area contributed by atoms with Gasteiger partial charge in [-0.3, -0.25) is 4.79 Å². The van der Waals surface area contributed by atoms with E-state index >= 15 is 0 Å². The number of carbonyl (C=O) groups excluding carboxylic acids is 1. The normalized spacial score (nSPS) is 10.5. The topological polar surface area (TPSA) is 17.1 Å². The predicted molar refractivity (Wildman–Crippen MR) is 63.7 cm³/mol. The van der Waals surface area contributed by atoms with E-state index in [1.54, 1.807) is 12.1 Å². The molecular weight excluding hydrogens is 266 g/mol. The summed E-state index contributed by atoms with van der Waals surface area (Å²) in [6.45, 7) is 0. The third-order valence-electron chi connectivity index (χ3n) is 2.20. The predicted octanol–water partition coefficient (Wildman–Crippen LogP) is 4.11. The number of hydrogen-bond acceptors (Lipinski definition) is 2. The Morgan fingerprint density at radius 3 is 2.59 bits per heavy atom. The van der Waals surface area contributed by atoms with E-state index in [2.05, 4.69) is 0 Å². The minimum Gasteiger partial charge on any atom is -0.294 e. The van der Waals surface area contributed by atoms with Gasteiger partial charge in [0.1, 0.15) is 11.6 Å². The van der Waals surface area contributed by atoms with Gasteiger partial charge in [-0.05, 0) is 24.3 Å². The third-order valence-corrected chi connectivity index (χ3v) is 3.43. The molecule has 88 valence electrons. The van der Waals surface area contributed by atoms with Crippen LogP contribution in [0.2, 0.25) is 4.34 Å². The van der Waals surface area contributed by atoms with Gasteiger partial charge in [0, 0.05) is 17.4 Å². The van der Waals surface area contributed by atoms with Crippen LogP contribution in [0, 0.1) is 11.6 Å². The summed E-state index contributed by atoms with van der Waals surface area (Å²) in [5.41, 5.74) is -0.101. The van der Waals surface area contributed by atoms with Crippen LogP contribution >= 0.6 is 22.9 Å². The lowest BCUT2D eigenvalue weighted by Crippen LogP contribution is -2.05. The highest BCUT2D eigenvalue weighted by Gasteiger charge is 2.13. The fraction of sp³-hybridized carbons (Fsp3) is 0.0833. The molecule has 0 saturated heterocycles. The van der Waals surface area contributed by atoms with Gasteiger partial charge in [-0.15, -0.1) is 11.3 Å². The Hall–Kier alpha value is -1.26. The number of hydrogen-bond donors (Lipinski definition) is 0. The van der Waals surface area contributed by atoms with Gasteiger partial charge in [0.2, 0.25) is 0 Å². The smallest absolute Gasteiger partial charge is 0.171 e. The standard InChI is InChI=1S/C12H7ClF2OS/c13-12-4-2-8(17-12)6-11(16)9-3-1-7(14)5-10(9)15/h1-5H,6H2. The molecule has 1 aromatic carbocycles. The molecule has 1 heterocycles. The van der Waals surface area contributed by atoms with Crippen LogP contribution in [0.4, 0.5) is 8.78 Å². The van der Waals surface area contributed by atoms with Gasteiger partial charge >= 0.3 is 0 Å². The zero-order valence-electron chi connectivity index (χ0n) is 8.54. The van der Waals surface area contributed by atoms with Crippen molar-refractivity contribution < 1.29 is 13.6 Å². The minimum absolute atomic E-state index is 0.0694. The van der Waals surface area contributed by atoms with Crippen molar-refractivity contribution in [2.24, 2.45) is 0 Å². The molecule has 0 aliphatic carbocycles. The Morgan fingerprint density at radius 2 is 2.00 bits per heavy atom. The summed E-state index contributed by atoms with van der Waals surface area (Å²) in [4.78, 5) is 12.5. The molecule has 2 aromatic rings. The Balaban J connectivity index is 2.20. The van der Waals surface area contributed by atoms with Gasteiger partial charge in [-0.1, -0.05) is 11.6 Å². The summed E-state index contributed by atoms with van der Waals surface area (Å²) in [6, 6.07) is 6.32. The lowest BCUT2D eigenvalue weighted by molar-refractivity contribution is 0.0990. The number of carbonyl (C=O) groups is 1. The van der Waals surface area contributed by atoms with Crippen LogP contribution in [0.5, 0.6) is 0 Å². The molecule has 0 aliphatic rings. The summed E-state index contributed by atoms with van der Waals surface area (Å²) < 4.78 is 26.6. The van der Waals surface area contributed by atoms with E-state index in [0.717, 1.165) is 17.0 Å². The SMILES string of the molecule is O=C(Cc1ccc(Cl)s1)c1ccc(F)cc1F. The quantitative estimate of drug-likeness (QED) is 0.769. The Morgan fingerprint density at radius 1 is 1.24 bits per heavy atom. The van der Waals surface area contributed by atoms with Crippen molar-refractivity contribution in [1.29, 1.82) is 0 Å². The van der Waals surface area contributed by atoms with E-state index in [-0.39, 0.29) is 17.8 Å². The van der Waals surface area contributed by atoms with Crippen LogP contribution in [0.25, 0.3) is 0 Å². The Kier molecular flexibility index (Phi) is 3.54. The van der Waals surface area contributed by atoms with Crippen molar-refractivity contribution >= 4 is 28.7 Å². The summed E-state index contributed by atoms with van der Waals surface area (Å²) in [6.07, 6.45) is 0.0694. The van der Waals surface area contributed by atoms with E-state index in [4.69, 9.17) is 11.6 Å². The molecule has 5 heteroatoms. The van der Waals surface area contributed by atoms with Gasteiger partial charge in [-0.25, -0.2) is 8.78 Å². The lowest BCUT2D eigenvalue weighted by Gasteiger charge is -2.01. The lowest BCUT2D eigenvalue weighted by atomic mass is 10.1. The highest BCUT2D eigenvalue weighted by Crippen LogP contribution is 2.23. The monoisotopic (exact) mass is 272 g/mol. The van der Waals surface area contributed by atoms with Gasteiger partial charge in [0.25, 0.3) is 0 Å². The second-order valence-electron chi connectivity index (χ2n) is 3.43. The van der Waals surface area contributed by atoms with Crippen molar-refractivity contribution in [3.05, 3.63) is 56.7 Å². The van der Waals surface area contributed by atoms with Gasteiger partial charge in [0.05, 0.1) is 9.90 Å². The van der Waals surface area contributed by atoms with Gasteiger partial charge in [-0.2, -0.15) is 0 Å². The van der Waals surface area contributed by atoms with Crippen molar-refractivity contribution in [2.75, 3.05) is 0 Å². The van der Waals surface area contributed by atoms with Crippen molar-refractivity contribution in [3.63, 3.8) is 0 Å². The first-order valence-electron chi connectivity index (χ1n) is 4.79. The molecule has 17 heavy (non-hydrogen) atoms. The molecule has 0 aliphatic heterocycles. The van der Waals surface area contributed by atoms with Crippen molar-refractivity contribution in [3.8, 4) is 0 Å². The number of Topliss-reactive ketones (excluding diaryl/α,β-unsaturated/α-hetero) is 1. The van der Waals surface area contributed by atoms with Crippen molar-refractivity contribution in [2.45, 2.75) is 6.42 Å². The molecule has 0 spiro atoms. The van der Waals surface area contributed by atoms with Crippen LogP contribution in [0.1, 0.15) is 15.2 Å². The molecule has 0 amide bonds. The minimum atomic E-state index is -0.836. The first-order valence-corrected chi connectivity index (χ1v) is 5.98. The highest BCUT2D eigenvalue weighted by atomic mass is 35.5. The van der Waals surface area contributed by atoms with E-state index in [1.807, 2.05) is 0 Å². The highest BCUT2D eigenvalue weighted by molar-refractivity contribution is 7.16. The number of halogens is 3. The molecule has 0 fully saturated rings. The second-order valence-corrected chi connectivity index (χ2v) is 5.23. The molecule has 0 N–H and O–H groups in total. The molecule has 1 aromatic heterocycles. The number of ketones is 1. The molecule has 0 unspecified atom stereocenters. The van der Waals surface area contributed by atoms with Gasteiger partial charge < -0.3 is 0 Å². The first-order chi connectivity index (χ1) is 8.06. The van der Waals surface area contributed by atoms with Crippen LogP contribution in [-0.2, 0) is 6.42 Å². The summed E-state index contributed by atoms with van der Waals surface area (Å²) in [7, 11) is 0. The summed E-state index contributed by atoms with van der Waals surface area (Å²) >= 11 is 6.99. The second kappa shape index (κ2) is 4.94. The number of thiophene rings is 1. The zero-order valence-corrected chi connectivity index (χ0v) is 10.1. The molecule has 0 radical (unpaired) electrons. The van der Waals surface area contributed by atoms with Crippen LogP contribution in [-0.4, -0.2) is 5.78 Å². The molecule has 2 rings (SSSR count). The van der Waals surface area contributed by atoms with E-state index < -0.39 is 11.6 Å². The van der Waals surface area contributed by atoms with Crippen LogP contribution < -0.4 is 0 Å². The molecule has 0 bridgehead atoms. The zero-order chi connectivity index (χ0) is 12.4. The van der Waals surface area contributed by atoms with Gasteiger partial charge in [0.15, 0.2) is 5.78 Å². The van der Waals surface area contributed by atoms with Crippen LogP contribution in [0.3, 0.4) is 0 Å². The summed E-state index contributed by atoms with van der Waals surface area (Å²) in [5, 5.41) is 0. The average molecular weight is 273 g/mol. The fourth-order valence-corrected chi connectivity index (χ4v) is 2.50. The maximum atomic E-state index is 13.3. The maximum Gasteiger partial charge on any atom is 0.171 e. The van der Waals surface area contributed by atoms with Crippen molar-refractivity contribution in [1.82, 2.24) is 0 Å². The Labute approximate surface area is 106 Å². The molecular formula is C12H7ClF2OS. The number of benzene rings is 1. The number of rotatable bonds is 3. The summed E-state index contributed by atoms with van der Waals surface area (Å²) in [5.74, 6) is -1.92. The van der Waals surface area contributed by atoms with E-state index in [1.165, 1.54) is 11.3 Å². The Bertz CT molecular complexity index is 565. The van der Waals surface area contributed by atoms with E-state index in [9.17, 15) is 13.6 Å². The maximum absolute atomic E-state index is 13.3. The molecule has 0 atom stereocenters. The average Bonchev–Trinajstić information content (AvgIpc) is 2.63. The first kappa shape index (κ1) is 12.2. The molecule has 0 saturated carbocycles. The third kappa shape index (κ3) is 2.90. The largest absolute Gasteiger partial charge is 0.294 e.